The lowest BCUT2D eigenvalue weighted by molar-refractivity contribution is 0.153. The van der Waals surface area contributed by atoms with Gasteiger partial charge in [-0.2, -0.15) is 0 Å². The normalized spacial score (nSPS) is 22.9. The van der Waals surface area contributed by atoms with Crippen LogP contribution in [0.25, 0.3) is 0 Å². The monoisotopic (exact) mass is 353 g/mol. The van der Waals surface area contributed by atoms with Crippen LogP contribution in [0.5, 0.6) is 5.75 Å². The SMILES string of the molecule is COc1cc(Br)cc(NCC2CCC(C(C)(C)C)CC2)c1. The number of ether oxygens (including phenoxy) is 1. The van der Waals surface area contributed by atoms with Crippen molar-refractivity contribution in [1.82, 2.24) is 0 Å². The van der Waals surface area contributed by atoms with Gasteiger partial charge in [0.2, 0.25) is 0 Å². The molecule has 0 radical (unpaired) electrons. The first-order valence-corrected chi connectivity index (χ1v) is 8.76. The lowest BCUT2D eigenvalue weighted by Gasteiger charge is -2.37. The molecule has 1 aliphatic rings. The molecule has 1 aromatic rings. The highest BCUT2D eigenvalue weighted by Gasteiger charge is 2.29. The maximum atomic E-state index is 5.31. The van der Waals surface area contributed by atoms with Gasteiger partial charge in [0.25, 0.3) is 0 Å². The van der Waals surface area contributed by atoms with Gasteiger partial charge >= 0.3 is 0 Å². The summed E-state index contributed by atoms with van der Waals surface area (Å²) >= 11 is 3.53. The molecule has 1 N–H and O–H groups in total. The molecule has 0 unspecified atom stereocenters. The molecular weight excluding hydrogens is 326 g/mol. The van der Waals surface area contributed by atoms with Crippen molar-refractivity contribution in [3.05, 3.63) is 22.7 Å². The molecule has 0 heterocycles. The van der Waals surface area contributed by atoms with Crippen LogP contribution in [0, 0.1) is 17.3 Å². The summed E-state index contributed by atoms with van der Waals surface area (Å²) < 4.78 is 6.37. The third-order valence-corrected chi connectivity index (χ3v) is 5.23. The molecule has 0 bridgehead atoms. The minimum absolute atomic E-state index is 0.468. The number of benzene rings is 1. The molecule has 21 heavy (non-hydrogen) atoms. The Hall–Kier alpha value is -0.700. The van der Waals surface area contributed by atoms with Crippen LogP contribution in [0.3, 0.4) is 0 Å². The van der Waals surface area contributed by atoms with E-state index >= 15 is 0 Å². The van der Waals surface area contributed by atoms with Crippen molar-refractivity contribution >= 4 is 21.6 Å². The Bertz CT molecular complexity index is 459. The molecule has 0 aliphatic heterocycles. The van der Waals surface area contributed by atoms with Crippen LogP contribution in [0.15, 0.2) is 22.7 Å². The van der Waals surface area contributed by atoms with Crippen LogP contribution in [0.1, 0.15) is 46.5 Å². The van der Waals surface area contributed by atoms with Gasteiger partial charge in [-0.15, -0.1) is 0 Å². The Morgan fingerprint density at radius 2 is 1.81 bits per heavy atom. The van der Waals surface area contributed by atoms with E-state index in [9.17, 15) is 0 Å². The van der Waals surface area contributed by atoms with Crippen LogP contribution in [0.4, 0.5) is 5.69 Å². The quantitative estimate of drug-likeness (QED) is 0.746. The highest BCUT2D eigenvalue weighted by molar-refractivity contribution is 9.10. The standard InChI is InChI=1S/C18H28BrNO/c1-18(2,3)14-7-5-13(6-8-14)12-20-16-9-15(19)10-17(11-16)21-4/h9-11,13-14,20H,5-8,12H2,1-4H3. The van der Waals surface area contributed by atoms with Crippen molar-refractivity contribution in [3.63, 3.8) is 0 Å². The molecule has 1 saturated carbocycles. The highest BCUT2D eigenvalue weighted by Crippen LogP contribution is 2.39. The van der Waals surface area contributed by atoms with E-state index in [1.807, 2.05) is 6.07 Å². The first-order chi connectivity index (χ1) is 9.88. The van der Waals surface area contributed by atoms with Crippen molar-refractivity contribution in [2.75, 3.05) is 19.0 Å². The van der Waals surface area contributed by atoms with E-state index in [2.05, 4.69) is 54.2 Å². The Morgan fingerprint density at radius 1 is 1.14 bits per heavy atom. The van der Waals surface area contributed by atoms with Gasteiger partial charge in [-0.3, -0.25) is 0 Å². The highest BCUT2D eigenvalue weighted by atomic mass is 79.9. The maximum Gasteiger partial charge on any atom is 0.122 e. The van der Waals surface area contributed by atoms with Gasteiger partial charge in [-0.05, 0) is 55.1 Å². The predicted octanol–water partition coefficient (Wildman–Crippen LogP) is 5.72. The summed E-state index contributed by atoms with van der Waals surface area (Å²) in [6.07, 6.45) is 5.44. The van der Waals surface area contributed by atoms with Gasteiger partial charge in [0.1, 0.15) is 5.75 Å². The largest absolute Gasteiger partial charge is 0.497 e. The second-order valence-corrected chi connectivity index (χ2v) is 8.26. The van der Waals surface area contributed by atoms with Gasteiger partial charge in [-0.1, -0.05) is 36.7 Å². The number of halogens is 1. The predicted molar refractivity (Wildman–Crippen MR) is 94.1 cm³/mol. The lowest BCUT2D eigenvalue weighted by atomic mass is 9.70. The zero-order valence-electron chi connectivity index (χ0n) is 13.7. The maximum absolute atomic E-state index is 5.31. The molecule has 0 amide bonds. The fourth-order valence-corrected chi connectivity index (χ4v) is 3.75. The van der Waals surface area contributed by atoms with E-state index in [0.717, 1.165) is 34.3 Å². The molecule has 1 aliphatic carbocycles. The molecular formula is C18H28BrNO. The van der Waals surface area contributed by atoms with Crippen molar-refractivity contribution in [3.8, 4) is 5.75 Å². The van der Waals surface area contributed by atoms with Crippen molar-refractivity contribution < 1.29 is 4.74 Å². The third kappa shape index (κ3) is 4.91. The van der Waals surface area contributed by atoms with Crippen LogP contribution in [0.2, 0.25) is 0 Å². The van der Waals surface area contributed by atoms with Crippen molar-refractivity contribution in [2.45, 2.75) is 46.5 Å². The van der Waals surface area contributed by atoms with Crippen molar-refractivity contribution in [2.24, 2.45) is 17.3 Å². The van der Waals surface area contributed by atoms with Gasteiger partial charge in [0.15, 0.2) is 0 Å². The van der Waals surface area contributed by atoms with E-state index in [4.69, 9.17) is 4.74 Å². The molecule has 1 fully saturated rings. The Balaban J connectivity index is 1.84. The molecule has 2 nitrogen and oxygen atoms in total. The fraction of sp³-hybridized carbons (Fsp3) is 0.667. The molecule has 0 atom stereocenters. The first kappa shape index (κ1) is 16.7. The second-order valence-electron chi connectivity index (χ2n) is 7.34. The minimum Gasteiger partial charge on any atom is -0.497 e. The van der Waals surface area contributed by atoms with Gasteiger partial charge in [-0.25, -0.2) is 0 Å². The smallest absolute Gasteiger partial charge is 0.122 e. The van der Waals surface area contributed by atoms with Crippen LogP contribution >= 0.6 is 15.9 Å². The van der Waals surface area contributed by atoms with Crippen molar-refractivity contribution in [1.29, 1.82) is 0 Å². The summed E-state index contributed by atoms with van der Waals surface area (Å²) in [5, 5.41) is 3.57. The molecule has 0 aromatic heterocycles. The van der Waals surface area contributed by atoms with Crippen LogP contribution in [-0.4, -0.2) is 13.7 Å². The third-order valence-electron chi connectivity index (χ3n) is 4.77. The molecule has 0 spiro atoms. The topological polar surface area (TPSA) is 21.3 Å². The van der Waals surface area contributed by atoms with Gasteiger partial charge in [0, 0.05) is 22.8 Å². The summed E-state index contributed by atoms with van der Waals surface area (Å²) in [6.45, 7) is 8.20. The van der Waals surface area contributed by atoms with Crippen LogP contribution < -0.4 is 10.1 Å². The van der Waals surface area contributed by atoms with E-state index in [1.165, 1.54) is 25.7 Å². The zero-order chi connectivity index (χ0) is 15.5. The average molecular weight is 354 g/mol. The van der Waals surface area contributed by atoms with E-state index in [0.29, 0.717) is 5.41 Å². The number of hydrogen-bond acceptors (Lipinski definition) is 2. The van der Waals surface area contributed by atoms with Gasteiger partial charge in [0.05, 0.1) is 7.11 Å². The summed E-state index contributed by atoms with van der Waals surface area (Å²) in [6, 6.07) is 6.16. The first-order valence-electron chi connectivity index (χ1n) is 7.97. The molecule has 118 valence electrons. The van der Waals surface area contributed by atoms with E-state index < -0.39 is 0 Å². The minimum atomic E-state index is 0.468. The number of nitrogens with one attached hydrogen (secondary N) is 1. The number of methoxy groups -OCH3 is 1. The Kier molecular flexibility index (Phi) is 5.59. The summed E-state index contributed by atoms with van der Waals surface area (Å²) in [4.78, 5) is 0. The average Bonchev–Trinajstić information content (AvgIpc) is 2.44. The van der Waals surface area contributed by atoms with Crippen LogP contribution in [-0.2, 0) is 0 Å². The van der Waals surface area contributed by atoms with E-state index in [1.54, 1.807) is 7.11 Å². The summed E-state index contributed by atoms with van der Waals surface area (Å²) in [5.41, 5.74) is 1.61. The zero-order valence-corrected chi connectivity index (χ0v) is 15.3. The lowest BCUT2D eigenvalue weighted by Crippen LogP contribution is -2.28. The number of hydrogen-bond donors (Lipinski definition) is 1. The second kappa shape index (κ2) is 7.04. The molecule has 1 aromatic carbocycles. The molecule has 3 heteroatoms. The van der Waals surface area contributed by atoms with E-state index in [-0.39, 0.29) is 0 Å². The Morgan fingerprint density at radius 3 is 2.38 bits per heavy atom. The fourth-order valence-electron chi connectivity index (χ4n) is 3.28. The number of rotatable bonds is 4. The molecule has 0 saturated heterocycles. The Labute approximate surface area is 137 Å². The summed E-state index contributed by atoms with van der Waals surface area (Å²) in [5.74, 6) is 2.58. The summed E-state index contributed by atoms with van der Waals surface area (Å²) in [7, 11) is 1.71. The van der Waals surface area contributed by atoms with Gasteiger partial charge < -0.3 is 10.1 Å². The molecule has 2 rings (SSSR count). The number of anilines is 1.